The fourth-order valence-electron chi connectivity index (χ4n) is 5.64. The number of carbonyl (C=O) groups excluding carboxylic acids is 2. The minimum Gasteiger partial charge on any atom is -0.490 e. The first-order chi connectivity index (χ1) is 24.3. The van der Waals surface area contributed by atoms with E-state index in [1.54, 1.807) is 51.8 Å². The van der Waals surface area contributed by atoms with Gasteiger partial charge in [0.05, 0.1) is 46.1 Å². The number of carboxylic acid groups (broad SMARTS) is 1. The molecule has 1 atom stereocenters. The van der Waals surface area contributed by atoms with Gasteiger partial charge in [0, 0.05) is 55.7 Å². The predicted molar refractivity (Wildman–Crippen MR) is 200 cm³/mol. The van der Waals surface area contributed by atoms with Crippen molar-refractivity contribution in [2.45, 2.75) is 37.2 Å². The van der Waals surface area contributed by atoms with Gasteiger partial charge >= 0.3 is 12.1 Å². The molecule has 0 radical (unpaired) electrons. The highest BCUT2D eigenvalue weighted by molar-refractivity contribution is 7.99. The Hall–Kier alpha value is -4.23. The molecular formula is C37H42Cl2N5O6S+. The summed E-state index contributed by atoms with van der Waals surface area (Å²) in [6.07, 6.45) is 4.17. The van der Waals surface area contributed by atoms with E-state index in [2.05, 4.69) is 10.4 Å². The third-order valence-corrected chi connectivity index (χ3v) is 10.2. The molecule has 0 spiro atoms. The Bertz CT molecular complexity index is 1900. The molecule has 2 heterocycles. The van der Waals surface area contributed by atoms with E-state index in [-0.39, 0.29) is 19.8 Å². The van der Waals surface area contributed by atoms with Crippen LogP contribution in [0.3, 0.4) is 0 Å². The van der Waals surface area contributed by atoms with Crippen LogP contribution in [0.5, 0.6) is 5.75 Å². The normalized spacial score (nSPS) is 13.3. The van der Waals surface area contributed by atoms with Gasteiger partial charge in [0.2, 0.25) is 0 Å². The van der Waals surface area contributed by atoms with Crippen molar-refractivity contribution < 1.29 is 33.4 Å². The van der Waals surface area contributed by atoms with Crippen LogP contribution in [0.2, 0.25) is 10.0 Å². The van der Waals surface area contributed by atoms with Crippen molar-refractivity contribution in [3.05, 3.63) is 93.7 Å². The number of amides is 2. The number of aliphatic carboxylic acids is 1. The summed E-state index contributed by atoms with van der Waals surface area (Å²) >= 11 is 14.4. The van der Waals surface area contributed by atoms with Gasteiger partial charge in [0.1, 0.15) is 25.0 Å². The number of halogens is 2. The van der Waals surface area contributed by atoms with Gasteiger partial charge in [-0.3, -0.25) is 14.4 Å². The second kappa shape index (κ2) is 16.9. The van der Waals surface area contributed by atoms with Crippen LogP contribution in [0.4, 0.5) is 10.5 Å². The van der Waals surface area contributed by atoms with Crippen molar-refractivity contribution in [2.24, 2.45) is 0 Å². The number of hydrogen-bond acceptors (Lipinski definition) is 7. The molecule has 1 aromatic heterocycles. The topological polar surface area (TPSA) is 123 Å². The van der Waals surface area contributed by atoms with Crippen LogP contribution in [0.15, 0.2) is 71.9 Å². The molecule has 4 aromatic rings. The Kier molecular flexibility index (Phi) is 12.6. The van der Waals surface area contributed by atoms with E-state index in [0.29, 0.717) is 56.5 Å². The van der Waals surface area contributed by atoms with E-state index in [1.807, 2.05) is 64.6 Å². The highest BCUT2D eigenvalue weighted by Crippen LogP contribution is 2.42. The third kappa shape index (κ3) is 9.97. The number of anilines is 1. The molecule has 0 bridgehead atoms. The Morgan fingerprint density at radius 3 is 2.61 bits per heavy atom. The van der Waals surface area contributed by atoms with Crippen molar-refractivity contribution in [2.75, 3.05) is 58.1 Å². The fraction of sp³-hybridized carbons (Fsp3) is 0.351. The number of rotatable bonds is 14. The van der Waals surface area contributed by atoms with E-state index in [0.717, 1.165) is 33.8 Å². The van der Waals surface area contributed by atoms with Gasteiger partial charge in [-0.25, -0.2) is 9.59 Å². The minimum absolute atomic E-state index is 0.0820. The molecule has 5 rings (SSSR count). The third-order valence-electron chi connectivity index (χ3n) is 8.36. The Morgan fingerprint density at radius 1 is 1.06 bits per heavy atom. The smallest absolute Gasteiger partial charge is 0.414 e. The average Bonchev–Trinajstić information content (AvgIpc) is 3.55. The zero-order valence-electron chi connectivity index (χ0n) is 29.0. The van der Waals surface area contributed by atoms with Gasteiger partial charge in [-0.15, -0.1) is 11.8 Å². The lowest BCUT2D eigenvalue weighted by Crippen LogP contribution is -2.42. The molecule has 270 valence electrons. The van der Waals surface area contributed by atoms with Gasteiger partial charge in [-0.05, 0) is 61.7 Å². The summed E-state index contributed by atoms with van der Waals surface area (Å²) in [7, 11) is 6.11. The lowest BCUT2D eigenvalue weighted by atomic mass is 10.1. The molecule has 1 aliphatic heterocycles. The summed E-state index contributed by atoms with van der Waals surface area (Å²) < 4.78 is 13.8. The van der Waals surface area contributed by atoms with Crippen molar-refractivity contribution in [3.8, 4) is 16.9 Å². The minimum atomic E-state index is -1.07. The SMILES string of the molecule is Cc1c(Cl)cccc1OCCOC(=O)N1CCSc2c(-c3cnn(Cc4cc(C(=O)N[C@@H](CCC[N+](C)(C)C)C(=O)O)ccc4Cl)c3)cccc21. The van der Waals surface area contributed by atoms with Crippen LogP contribution in [0.25, 0.3) is 11.1 Å². The molecule has 0 aliphatic carbocycles. The molecule has 0 saturated carbocycles. The highest BCUT2D eigenvalue weighted by atomic mass is 35.5. The first kappa shape index (κ1) is 38.0. The second-order valence-corrected chi connectivity index (χ2v) is 15.2. The van der Waals surface area contributed by atoms with Crippen LogP contribution in [0, 0.1) is 6.92 Å². The molecule has 51 heavy (non-hydrogen) atoms. The van der Waals surface area contributed by atoms with E-state index in [4.69, 9.17) is 32.7 Å². The van der Waals surface area contributed by atoms with Crippen LogP contribution in [-0.2, 0) is 16.1 Å². The number of carboxylic acids is 1. The number of nitrogens with one attached hydrogen (secondary N) is 1. The van der Waals surface area contributed by atoms with Crippen LogP contribution in [-0.4, -0.2) is 96.6 Å². The number of nitrogens with zero attached hydrogens (tertiary/aromatic N) is 4. The number of aromatic nitrogens is 2. The molecule has 11 nitrogen and oxygen atoms in total. The summed E-state index contributed by atoms with van der Waals surface area (Å²) in [5.41, 5.74) is 4.32. The number of benzene rings is 3. The van der Waals surface area contributed by atoms with Crippen molar-refractivity contribution in [3.63, 3.8) is 0 Å². The molecule has 3 aromatic carbocycles. The lowest BCUT2D eigenvalue weighted by molar-refractivity contribution is -0.870. The number of carbonyl (C=O) groups is 3. The van der Waals surface area contributed by atoms with Crippen LogP contribution >= 0.6 is 35.0 Å². The maximum Gasteiger partial charge on any atom is 0.414 e. The standard InChI is InChI=1S/C37H41Cl2N5O6S/c1-24-29(38)9-6-12-33(24)49-17-18-50-37(48)43-15-19-51-34-28(8-5-11-32(34)43)27-21-40-42(23-27)22-26-20-25(13-14-30(26)39)35(45)41-31(36(46)47)10-7-16-44(2,3)4/h5-6,8-9,11-14,20-21,23,31H,7,10,15-19,22H2,1-4H3,(H-,41,45,46,47)/p+1/t31-/m0/s1. The van der Waals surface area contributed by atoms with E-state index < -0.39 is 24.0 Å². The van der Waals surface area contributed by atoms with Gasteiger partial charge in [0.25, 0.3) is 5.91 Å². The van der Waals surface area contributed by atoms with Crippen LogP contribution < -0.4 is 15.0 Å². The van der Waals surface area contributed by atoms with Gasteiger partial charge in [0.15, 0.2) is 0 Å². The highest BCUT2D eigenvalue weighted by Gasteiger charge is 2.27. The maximum absolute atomic E-state index is 13.2. The molecule has 0 unspecified atom stereocenters. The molecule has 0 fully saturated rings. The monoisotopic (exact) mass is 754 g/mol. The number of hydrogen-bond donors (Lipinski definition) is 2. The summed E-state index contributed by atoms with van der Waals surface area (Å²) in [4.78, 5) is 40.7. The summed E-state index contributed by atoms with van der Waals surface area (Å²) in [6.45, 7) is 3.71. The second-order valence-electron chi connectivity index (χ2n) is 13.2. The lowest BCUT2D eigenvalue weighted by Gasteiger charge is -2.29. The first-order valence-corrected chi connectivity index (χ1v) is 18.3. The zero-order chi connectivity index (χ0) is 36.7. The molecule has 2 amide bonds. The molecule has 2 N–H and O–H groups in total. The summed E-state index contributed by atoms with van der Waals surface area (Å²) in [6, 6.07) is 15.1. The average molecular weight is 756 g/mol. The van der Waals surface area contributed by atoms with Crippen LogP contribution in [0.1, 0.15) is 34.3 Å². The first-order valence-electron chi connectivity index (χ1n) is 16.5. The predicted octanol–water partition coefficient (Wildman–Crippen LogP) is 7.01. The van der Waals surface area contributed by atoms with Gasteiger partial charge in [-0.2, -0.15) is 5.10 Å². The summed E-state index contributed by atoms with van der Waals surface area (Å²) in [5, 5.41) is 18.0. The van der Waals surface area contributed by atoms with Crippen molar-refractivity contribution in [1.29, 1.82) is 0 Å². The molecular weight excluding hydrogens is 713 g/mol. The fourth-order valence-corrected chi connectivity index (χ4v) is 7.13. The maximum atomic E-state index is 13.2. The summed E-state index contributed by atoms with van der Waals surface area (Å²) in [5.74, 6) is -0.214. The Morgan fingerprint density at radius 2 is 1.84 bits per heavy atom. The number of fused-ring (bicyclic) bond motifs is 1. The Balaban J connectivity index is 1.23. The van der Waals surface area contributed by atoms with E-state index >= 15 is 0 Å². The molecule has 14 heteroatoms. The van der Waals surface area contributed by atoms with E-state index in [9.17, 15) is 19.5 Å². The van der Waals surface area contributed by atoms with Gasteiger partial charge < -0.3 is 24.4 Å². The number of quaternary nitrogens is 1. The molecule has 0 saturated heterocycles. The number of ether oxygens (including phenoxy) is 2. The van der Waals surface area contributed by atoms with Crippen molar-refractivity contribution in [1.82, 2.24) is 15.1 Å². The number of thioether (sulfide) groups is 1. The van der Waals surface area contributed by atoms with E-state index in [1.165, 1.54) is 0 Å². The largest absolute Gasteiger partial charge is 0.490 e. The van der Waals surface area contributed by atoms with Crippen molar-refractivity contribution >= 4 is 58.6 Å². The zero-order valence-corrected chi connectivity index (χ0v) is 31.4. The Labute approximate surface area is 312 Å². The van der Waals surface area contributed by atoms with Gasteiger partial charge in [-0.1, -0.05) is 41.4 Å². The molecule has 1 aliphatic rings. The quantitative estimate of drug-likeness (QED) is 0.104.